The molecule has 3 heterocycles. The number of ether oxygens (including phenoxy) is 1. The van der Waals surface area contributed by atoms with Crippen LogP contribution in [0.4, 0.5) is 9.18 Å². The summed E-state index contributed by atoms with van der Waals surface area (Å²) in [6.07, 6.45) is 1.70. The van der Waals surface area contributed by atoms with Crippen LogP contribution in [0.5, 0.6) is 0 Å². The van der Waals surface area contributed by atoms with E-state index in [0.29, 0.717) is 43.6 Å². The third kappa shape index (κ3) is 3.29. The first-order valence-electron chi connectivity index (χ1n) is 9.12. The van der Waals surface area contributed by atoms with Gasteiger partial charge >= 0.3 is 6.03 Å². The van der Waals surface area contributed by atoms with E-state index in [1.165, 1.54) is 12.1 Å². The Labute approximate surface area is 157 Å². The second-order valence-corrected chi connectivity index (χ2v) is 7.55. The van der Waals surface area contributed by atoms with Crippen LogP contribution in [0, 0.1) is 11.2 Å². The van der Waals surface area contributed by atoms with E-state index in [0.717, 1.165) is 12.8 Å². The molecule has 4 rings (SSSR count). The van der Waals surface area contributed by atoms with Crippen LogP contribution < -0.4 is 0 Å². The van der Waals surface area contributed by atoms with Crippen LogP contribution in [-0.4, -0.2) is 66.4 Å². The van der Waals surface area contributed by atoms with Crippen LogP contribution >= 0.6 is 0 Å². The molecule has 8 heteroatoms. The molecule has 144 valence electrons. The van der Waals surface area contributed by atoms with Crippen molar-refractivity contribution in [2.24, 2.45) is 5.41 Å². The highest BCUT2D eigenvalue weighted by Gasteiger charge is 2.51. The van der Waals surface area contributed by atoms with Crippen LogP contribution in [0.25, 0.3) is 11.4 Å². The van der Waals surface area contributed by atoms with Crippen molar-refractivity contribution in [3.63, 3.8) is 0 Å². The highest BCUT2D eigenvalue weighted by atomic mass is 19.1. The van der Waals surface area contributed by atoms with Gasteiger partial charge in [0.05, 0.1) is 5.92 Å². The predicted molar refractivity (Wildman–Crippen MR) is 95.6 cm³/mol. The second kappa shape index (κ2) is 6.92. The van der Waals surface area contributed by atoms with Gasteiger partial charge in [0.25, 0.3) is 0 Å². The molecule has 0 aliphatic carbocycles. The summed E-state index contributed by atoms with van der Waals surface area (Å²) in [5.74, 6) is 0.624. The van der Waals surface area contributed by atoms with Gasteiger partial charge < -0.3 is 19.1 Å². The number of rotatable bonds is 2. The minimum absolute atomic E-state index is 0.0124. The van der Waals surface area contributed by atoms with E-state index in [4.69, 9.17) is 9.26 Å². The zero-order valence-corrected chi connectivity index (χ0v) is 15.5. The van der Waals surface area contributed by atoms with Crippen LogP contribution in [0.2, 0.25) is 0 Å². The van der Waals surface area contributed by atoms with E-state index in [-0.39, 0.29) is 23.2 Å². The molecule has 2 aliphatic rings. The Morgan fingerprint density at radius 3 is 2.63 bits per heavy atom. The standard InChI is InChI=1S/C19H23FN4O3/c1-23(2)18(25)24-11-15(19(12-24)7-9-26-10-8-19)17-21-16(22-27-17)13-3-5-14(20)6-4-13/h3-6,15H,7-12H2,1-2H3. The van der Waals surface area contributed by atoms with E-state index in [2.05, 4.69) is 10.1 Å². The van der Waals surface area contributed by atoms with Gasteiger partial charge in [0.15, 0.2) is 0 Å². The quantitative estimate of drug-likeness (QED) is 0.808. The molecule has 7 nitrogen and oxygen atoms in total. The summed E-state index contributed by atoms with van der Waals surface area (Å²) in [6, 6.07) is 5.99. The first-order chi connectivity index (χ1) is 13.0. The molecule has 2 amide bonds. The fourth-order valence-electron chi connectivity index (χ4n) is 4.11. The van der Waals surface area contributed by atoms with Gasteiger partial charge in [0.1, 0.15) is 5.82 Å². The molecule has 0 N–H and O–H groups in total. The van der Waals surface area contributed by atoms with Crippen molar-refractivity contribution in [1.29, 1.82) is 0 Å². The maximum atomic E-state index is 13.2. The minimum Gasteiger partial charge on any atom is -0.381 e. The number of carbonyl (C=O) groups is 1. The summed E-state index contributed by atoms with van der Waals surface area (Å²) >= 11 is 0. The number of aromatic nitrogens is 2. The number of hydrogen-bond donors (Lipinski definition) is 0. The zero-order valence-electron chi connectivity index (χ0n) is 15.5. The lowest BCUT2D eigenvalue weighted by Gasteiger charge is -2.36. The Balaban J connectivity index is 1.64. The summed E-state index contributed by atoms with van der Waals surface area (Å²) < 4.78 is 24.3. The molecular formula is C19H23FN4O3. The van der Waals surface area contributed by atoms with E-state index in [1.807, 2.05) is 4.90 Å². The SMILES string of the molecule is CN(C)C(=O)N1CC(c2nc(-c3ccc(F)cc3)no2)C2(CCOCC2)C1. The Morgan fingerprint density at radius 1 is 1.26 bits per heavy atom. The molecule has 1 spiro atoms. The van der Waals surface area contributed by atoms with Gasteiger partial charge in [-0.15, -0.1) is 0 Å². The number of halogens is 1. The third-order valence-corrected chi connectivity index (χ3v) is 5.63. The van der Waals surface area contributed by atoms with Gasteiger partial charge in [-0.2, -0.15) is 4.98 Å². The lowest BCUT2D eigenvalue weighted by atomic mass is 9.72. The van der Waals surface area contributed by atoms with Gasteiger partial charge in [-0.3, -0.25) is 0 Å². The van der Waals surface area contributed by atoms with Crippen molar-refractivity contribution in [2.45, 2.75) is 18.8 Å². The smallest absolute Gasteiger partial charge is 0.319 e. The molecule has 0 saturated carbocycles. The fourth-order valence-corrected chi connectivity index (χ4v) is 4.11. The zero-order chi connectivity index (χ0) is 19.0. The van der Waals surface area contributed by atoms with Gasteiger partial charge in [-0.05, 0) is 37.1 Å². The van der Waals surface area contributed by atoms with Crippen molar-refractivity contribution in [2.75, 3.05) is 40.4 Å². The Hall–Kier alpha value is -2.48. The van der Waals surface area contributed by atoms with Crippen molar-refractivity contribution < 1.29 is 18.4 Å². The minimum atomic E-state index is -0.308. The summed E-state index contributed by atoms with van der Waals surface area (Å²) in [6.45, 7) is 2.53. The van der Waals surface area contributed by atoms with Crippen molar-refractivity contribution in [1.82, 2.24) is 19.9 Å². The first kappa shape index (κ1) is 17.9. The lowest BCUT2D eigenvalue weighted by Crippen LogP contribution is -2.40. The molecule has 27 heavy (non-hydrogen) atoms. The van der Waals surface area contributed by atoms with Crippen molar-refractivity contribution >= 4 is 6.03 Å². The topological polar surface area (TPSA) is 71.7 Å². The molecule has 2 aliphatic heterocycles. The molecule has 2 fully saturated rings. The van der Waals surface area contributed by atoms with Crippen molar-refractivity contribution in [3.05, 3.63) is 36.0 Å². The summed E-state index contributed by atoms with van der Waals surface area (Å²) in [7, 11) is 3.51. The van der Waals surface area contributed by atoms with E-state index in [1.54, 1.807) is 31.1 Å². The molecule has 1 unspecified atom stereocenters. The number of amides is 2. The highest BCUT2D eigenvalue weighted by molar-refractivity contribution is 5.74. The summed E-state index contributed by atoms with van der Waals surface area (Å²) in [5.41, 5.74) is 0.586. The Bertz CT molecular complexity index is 815. The summed E-state index contributed by atoms with van der Waals surface area (Å²) in [4.78, 5) is 20.6. The van der Waals surface area contributed by atoms with Crippen LogP contribution in [0.1, 0.15) is 24.7 Å². The van der Waals surface area contributed by atoms with Gasteiger partial charge in [0, 0.05) is 51.4 Å². The lowest BCUT2D eigenvalue weighted by molar-refractivity contribution is 0.00911. The number of hydrogen-bond acceptors (Lipinski definition) is 5. The maximum Gasteiger partial charge on any atom is 0.319 e. The third-order valence-electron chi connectivity index (χ3n) is 5.63. The average molecular weight is 374 g/mol. The molecule has 1 aromatic heterocycles. The Kier molecular flexibility index (Phi) is 4.59. The number of benzene rings is 1. The van der Waals surface area contributed by atoms with Crippen molar-refractivity contribution in [3.8, 4) is 11.4 Å². The maximum absolute atomic E-state index is 13.2. The predicted octanol–water partition coefficient (Wildman–Crippen LogP) is 2.75. The van der Waals surface area contributed by atoms with Crippen LogP contribution in [-0.2, 0) is 4.74 Å². The number of nitrogens with zero attached hydrogens (tertiary/aromatic N) is 4. The molecule has 1 aromatic carbocycles. The van der Waals surface area contributed by atoms with Gasteiger partial charge in [-0.1, -0.05) is 5.16 Å². The molecule has 0 radical (unpaired) electrons. The van der Waals surface area contributed by atoms with Crippen LogP contribution in [0.15, 0.2) is 28.8 Å². The fraction of sp³-hybridized carbons (Fsp3) is 0.526. The molecule has 0 bridgehead atoms. The average Bonchev–Trinajstić information content (AvgIpc) is 3.28. The highest BCUT2D eigenvalue weighted by Crippen LogP contribution is 2.49. The largest absolute Gasteiger partial charge is 0.381 e. The molecule has 1 atom stereocenters. The molecule has 2 aromatic rings. The van der Waals surface area contributed by atoms with E-state index < -0.39 is 0 Å². The van der Waals surface area contributed by atoms with E-state index >= 15 is 0 Å². The summed E-state index contributed by atoms with van der Waals surface area (Å²) in [5, 5.41) is 4.09. The number of urea groups is 1. The van der Waals surface area contributed by atoms with E-state index in [9.17, 15) is 9.18 Å². The monoisotopic (exact) mass is 374 g/mol. The number of likely N-dealkylation sites (tertiary alicyclic amines) is 1. The molecule has 2 saturated heterocycles. The molecular weight excluding hydrogens is 351 g/mol. The Morgan fingerprint density at radius 2 is 1.96 bits per heavy atom. The second-order valence-electron chi connectivity index (χ2n) is 7.55. The van der Waals surface area contributed by atoms with Gasteiger partial charge in [-0.25, -0.2) is 9.18 Å². The van der Waals surface area contributed by atoms with Crippen LogP contribution in [0.3, 0.4) is 0 Å². The van der Waals surface area contributed by atoms with Gasteiger partial charge in [0.2, 0.25) is 11.7 Å². The first-order valence-corrected chi connectivity index (χ1v) is 9.12. The normalized spacial score (nSPS) is 21.6. The number of carbonyl (C=O) groups excluding carboxylic acids is 1.